The van der Waals surface area contributed by atoms with Gasteiger partial charge in [0, 0.05) is 25.7 Å². The molecule has 1 aromatic rings. The van der Waals surface area contributed by atoms with Crippen LogP contribution in [0.4, 0.5) is 0 Å². The topological polar surface area (TPSA) is 82.4 Å². The lowest BCUT2D eigenvalue weighted by molar-refractivity contribution is 0.0755. The van der Waals surface area contributed by atoms with E-state index in [9.17, 15) is 9.59 Å². The highest BCUT2D eigenvalue weighted by Gasteiger charge is 2.20. The highest BCUT2D eigenvalue weighted by molar-refractivity contribution is 5.92. The minimum atomic E-state index is -0.241. The van der Waals surface area contributed by atoms with Crippen molar-refractivity contribution in [3.8, 4) is 0 Å². The minimum absolute atomic E-state index is 0.0941. The van der Waals surface area contributed by atoms with Gasteiger partial charge in [-0.3, -0.25) is 9.59 Å². The van der Waals surface area contributed by atoms with Crippen LogP contribution in [0.3, 0.4) is 0 Å². The Bertz CT molecular complexity index is 500. The molecular formula is C14H22N4O2. The van der Waals surface area contributed by atoms with Crippen LogP contribution in [0.5, 0.6) is 0 Å². The van der Waals surface area contributed by atoms with Gasteiger partial charge in [-0.2, -0.15) is 0 Å². The van der Waals surface area contributed by atoms with Crippen LogP contribution in [0.25, 0.3) is 0 Å². The summed E-state index contributed by atoms with van der Waals surface area (Å²) in [6.45, 7) is 4.97. The maximum atomic E-state index is 12.3. The number of rotatable bonds is 4. The molecule has 0 aromatic carbocycles. The van der Waals surface area contributed by atoms with Crippen molar-refractivity contribution in [1.29, 1.82) is 0 Å². The summed E-state index contributed by atoms with van der Waals surface area (Å²) in [5.74, 6) is -0.0941. The maximum Gasteiger partial charge on any atom is 0.270 e. The molecule has 1 aromatic heterocycles. The molecule has 20 heavy (non-hydrogen) atoms. The van der Waals surface area contributed by atoms with Crippen molar-refractivity contribution in [1.82, 2.24) is 14.8 Å². The lowest BCUT2D eigenvalue weighted by Gasteiger charge is -2.21. The average Bonchev–Trinajstić information content (AvgIpc) is 2.70. The number of H-pyrrole nitrogens is 1. The number of carbonyl (C=O) groups is 1. The third kappa shape index (κ3) is 3.91. The van der Waals surface area contributed by atoms with E-state index < -0.39 is 0 Å². The number of hydrogen-bond donors (Lipinski definition) is 2. The Labute approximate surface area is 118 Å². The molecule has 3 N–H and O–H groups in total. The minimum Gasteiger partial charge on any atom is -0.336 e. The number of aromatic nitrogens is 1. The Morgan fingerprint density at radius 3 is 2.85 bits per heavy atom. The SMILES string of the molecule is NCCCN1CCCN(C(=O)c2cccc(=O)[nH]2)CC1. The molecule has 0 bridgehead atoms. The van der Waals surface area contributed by atoms with E-state index in [1.807, 2.05) is 4.90 Å². The Hall–Kier alpha value is -1.66. The Kier molecular flexibility index (Phi) is 5.31. The summed E-state index contributed by atoms with van der Waals surface area (Å²) < 4.78 is 0. The van der Waals surface area contributed by atoms with E-state index in [1.54, 1.807) is 12.1 Å². The molecule has 0 saturated carbocycles. The molecule has 1 amide bonds. The van der Waals surface area contributed by atoms with Crippen LogP contribution in [0, 0.1) is 0 Å². The first kappa shape index (κ1) is 14.7. The molecular weight excluding hydrogens is 256 g/mol. The van der Waals surface area contributed by atoms with Crippen LogP contribution < -0.4 is 11.3 Å². The van der Waals surface area contributed by atoms with E-state index in [4.69, 9.17) is 5.73 Å². The van der Waals surface area contributed by atoms with E-state index in [-0.39, 0.29) is 11.5 Å². The van der Waals surface area contributed by atoms with Gasteiger partial charge in [0.15, 0.2) is 0 Å². The van der Waals surface area contributed by atoms with Gasteiger partial charge in [0.2, 0.25) is 5.56 Å². The van der Waals surface area contributed by atoms with Gasteiger partial charge in [0.25, 0.3) is 5.91 Å². The third-order valence-electron chi connectivity index (χ3n) is 3.55. The van der Waals surface area contributed by atoms with Gasteiger partial charge < -0.3 is 20.5 Å². The van der Waals surface area contributed by atoms with E-state index in [2.05, 4.69) is 9.88 Å². The van der Waals surface area contributed by atoms with Crippen molar-refractivity contribution in [2.24, 2.45) is 5.73 Å². The quantitative estimate of drug-likeness (QED) is 0.804. The Balaban J connectivity index is 1.96. The van der Waals surface area contributed by atoms with Crippen LogP contribution in [-0.4, -0.2) is 60.0 Å². The number of nitrogens with one attached hydrogen (secondary N) is 1. The fourth-order valence-corrected chi connectivity index (χ4v) is 2.46. The summed E-state index contributed by atoms with van der Waals surface area (Å²) >= 11 is 0. The summed E-state index contributed by atoms with van der Waals surface area (Å²) in [5.41, 5.74) is 5.65. The molecule has 0 aliphatic carbocycles. The number of nitrogens with zero attached hydrogens (tertiary/aromatic N) is 2. The number of aromatic amines is 1. The average molecular weight is 278 g/mol. The Morgan fingerprint density at radius 2 is 2.10 bits per heavy atom. The number of pyridine rings is 1. The number of nitrogens with two attached hydrogens (primary N) is 1. The highest BCUT2D eigenvalue weighted by Crippen LogP contribution is 2.07. The van der Waals surface area contributed by atoms with E-state index in [0.29, 0.717) is 18.8 Å². The van der Waals surface area contributed by atoms with E-state index in [1.165, 1.54) is 6.07 Å². The highest BCUT2D eigenvalue weighted by atomic mass is 16.2. The number of amides is 1. The third-order valence-corrected chi connectivity index (χ3v) is 3.55. The molecule has 0 radical (unpaired) electrons. The first-order valence-electron chi connectivity index (χ1n) is 7.12. The van der Waals surface area contributed by atoms with Gasteiger partial charge in [-0.15, -0.1) is 0 Å². The molecule has 0 spiro atoms. The lowest BCUT2D eigenvalue weighted by atomic mass is 10.3. The normalized spacial score (nSPS) is 16.9. The van der Waals surface area contributed by atoms with Crippen LogP contribution in [0.2, 0.25) is 0 Å². The van der Waals surface area contributed by atoms with Crippen molar-refractivity contribution >= 4 is 5.91 Å². The predicted molar refractivity (Wildman–Crippen MR) is 77.7 cm³/mol. The van der Waals surface area contributed by atoms with Crippen LogP contribution in [0.15, 0.2) is 23.0 Å². The molecule has 1 aliphatic rings. The molecule has 1 saturated heterocycles. The molecule has 1 fully saturated rings. The maximum absolute atomic E-state index is 12.3. The van der Waals surface area contributed by atoms with Crippen LogP contribution >= 0.6 is 0 Å². The van der Waals surface area contributed by atoms with Gasteiger partial charge in [-0.1, -0.05) is 6.07 Å². The summed E-state index contributed by atoms with van der Waals surface area (Å²) in [6, 6.07) is 4.67. The van der Waals surface area contributed by atoms with Crippen molar-refractivity contribution < 1.29 is 4.79 Å². The second-order valence-electron chi connectivity index (χ2n) is 5.06. The molecule has 2 rings (SSSR count). The van der Waals surface area contributed by atoms with Crippen LogP contribution in [0.1, 0.15) is 23.3 Å². The second-order valence-corrected chi connectivity index (χ2v) is 5.06. The summed E-state index contributed by atoms with van der Waals surface area (Å²) in [7, 11) is 0. The van der Waals surface area contributed by atoms with Gasteiger partial charge >= 0.3 is 0 Å². The molecule has 110 valence electrons. The van der Waals surface area contributed by atoms with Gasteiger partial charge in [-0.05, 0) is 38.5 Å². The van der Waals surface area contributed by atoms with Gasteiger partial charge in [0.05, 0.1) is 0 Å². The van der Waals surface area contributed by atoms with Gasteiger partial charge in [-0.25, -0.2) is 0 Å². The number of carbonyl (C=O) groups excluding carboxylic acids is 1. The predicted octanol–water partition coefficient (Wildman–Crippen LogP) is -0.128. The van der Waals surface area contributed by atoms with Crippen molar-refractivity contribution in [2.75, 3.05) is 39.3 Å². The number of hydrogen-bond acceptors (Lipinski definition) is 4. The molecule has 2 heterocycles. The van der Waals surface area contributed by atoms with Crippen molar-refractivity contribution in [2.45, 2.75) is 12.8 Å². The summed E-state index contributed by atoms with van der Waals surface area (Å²) in [5, 5.41) is 0. The molecule has 1 aliphatic heterocycles. The summed E-state index contributed by atoms with van der Waals surface area (Å²) in [4.78, 5) is 30.4. The zero-order valence-electron chi connectivity index (χ0n) is 11.7. The fourth-order valence-electron chi connectivity index (χ4n) is 2.46. The molecule has 0 unspecified atom stereocenters. The van der Waals surface area contributed by atoms with Gasteiger partial charge in [0.1, 0.15) is 5.69 Å². The zero-order valence-corrected chi connectivity index (χ0v) is 11.7. The van der Waals surface area contributed by atoms with Crippen LogP contribution in [-0.2, 0) is 0 Å². The van der Waals surface area contributed by atoms with E-state index >= 15 is 0 Å². The Morgan fingerprint density at radius 1 is 1.25 bits per heavy atom. The second kappa shape index (κ2) is 7.21. The van der Waals surface area contributed by atoms with E-state index in [0.717, 1.165) is 39.0 Å². The first-order chi connectivity index (χ1) is 9.70. The standard InChI is InChI=1S/C14H22N4O2/c15-6-2-7-17-8-3-9-18(11-10-17)14(20)12-4-1-5-13(19)16-12/h1,4-5H,2-3,6-11,15H2,(H,16,19). The van der Waals surface area contributed by atoms with Crippen molar-refractivity contribution in [3.63, 3.8) is 0 Å². The van der Waals surface area contributed by atoms with Crippen molar-refractivity contribution in [3.05, 3.63) is 34.2 Å². The monoisotopic (exact) mass is 278 g/mol. The largest absolute Gasteiger partial charge is 0.336 e. The first-order valence-corrected chi connectivity index (χ1v) is 7.12. The molecule has 6 heteroatoms. The molecule has 0 atom stereocenters. The molecule has 6 nitrogen and oxygen atoms in total. The smallest absolute Gasteiger partial charge is 0.270 e. The lowest BCUT2D eigenvalue weighted by Crippen LogP contribution is -2.36. The zero-order chi connectivity index (χ0) is 14.4. The fraction of sp³-hybridized carbons (Fsp3) is 0.571. The summed E-state index contributed by atoms with van der Waals surface area (Å²) in [6.07, 6.45) is 1.94.